The molecule has 2 rings (SSSR count). The van der Waals surface area contributed by atoms with Crippen molar-refractivity contribution in [1.82, 2.24) is 0 Å². The van der Waals surface area contributed by atoms with Crippen LogP contribution in [0.4, 0.5) is 5.69 Å². The lowest BCUT2D eigenvalue weighted by Crippen LogP contribution is -2.60. The van der Waals surface area contributed by atoms with Gasteiger partial charge in [-0.15, -0.1) is 0 Å². The third-order valence-electron chi connectivity index (χ3n) is 2.72. The van der Waals surface area contributed by atoms with E-state index in [1.807, 2.05) is 30.0 Å². The lowest BCUT2D eigenvalue weighted by molar-refractivity contribution is 0.0309. The molecule has 0 radical (unpaired) electrons. The van der Waals surface area contributed by atoms with Gasteiger partial charge in [-0.3, -0.25) is 4.79 Å². The Hall–Kier alpha value is -1.35. The van der Waals surface area contributed by atoms with Crippen LogP contribution >= 0.6 is 0 Å². The van der Waals surface area contributed by atoms with Gasteiger partial charge >= 0.3 is 0 Å². The Morgan fingerprint density at radius 3 is 2.67 bits per heavy atom. The largest absolute Gasteiger partial charge is 0.386 e. The zero-order valence-corrected chi connectivity index (χ0v) is 9.03. The van der Waals surface area contributed by atoms with Gasteiger partial charge in [0.2, 0.25) is 0 Å². The molecule has 1 aromatic rings. The second-order valence-electron chi connectivity index (χ2n) is 4.53. The summed E-state index contributed by atoms with van der Waals surface area (Å²) < 4.78 is 0. The molecule has 1 heterocycles. The van der Waals surface area contributed by atoms with Crippen LogP contribution in [0.5, 0.6) is 0 Å². The molecule has 80 valence electrons. The average molecular weight is 205 g/mol. The molecule has 0 amide bonds. The van der Waals surface area contributed by atoms with E-state index in [1.54, 1.807) is 6.92 Å². The number of carbonyl (C=O) groups is 1. The molecular formula is C12H15NO2. The number of carbonyl (C=O) groups excluding carboxylic acids is 1. The summed E-state index contributed by atoms with van der Waals surface area (Å²) in [5.41, 5.74) is 2.14. The Morgan fingerprint density at radius 1 is 1.47 bits per heavy atom. The summed E-state index contributed by atoms with van der Waals surface area (Å²) in [6, 6.07) is 5.73. The van der Waals surface area contributed by atoms with Gasteiger partial charge in [-0.2, -0.15) is 0 Å². The maximum Gasteiger partial charge on any atom is 0.152 e. The topological polar surface area (TPSA) is 40.5 Å². The fourth-order valence-electron chi connectivity index (χ4n) is 1.97. The Labute approximate surface area is 89.3 Å². The third kappa shape index (κ3) is 1.88. The molecule has 15 heavy (non-hydrogen) atoms. The summed E-state index contributed by atoms with van der Waals surface area (Å²) in [6.45, 7) is 4.99. The molecule has 0 saturated carbocycles. The van der Waals surface area contributed by atoms with Crippen LogP contribution in [0.1, 0.15) is 22.8 Å². The minimum Gasteiger partial charge on any atom is -0.386 e. The smallest absolute Gasteiger partial charge is 0.152 e. The number of hydrogen-bond acceptors (Lipinski definition) is 3. The van der Waals surface area contributed by atoms with Gasteiger partial charge in [0.1, 0.15) is 0 Å². The summed E-state index contributed by atoms with van der Waals surface area (Å²) in [7, 11) is 0. The molecule has 3 nitrogen and oxygen atoms in total. The van der Waals surface area contributed by atoms with Gasteiger partial charge in [-0.25, -0.2) is 0 Å². The molecule has 1 aromatic carbocycles. The summed E-state index contributed by atoms with van der Waals surface area (Å²) in [5.74, 6) is 0. The second kappa shape index (κ2) is 3.35. The molecule has 0 unspecified atom stereocenters. The van der Waals surface area contributed by atoms with Gasteiger partial charge in [0.05, 0.1) is 5.60 Å². The third-order valence-corrected chi connectivity index (χ3v) is 2.72. The van der Waals surface area contributed by atoms with Crippen LogP contribution in [0.15, 0.2) is 18.2 Å². The maximum atomic E-state index is 10.9. The summed E-state index contributed by atoms with van der Waals surface area (Å²) in [5, 5.41) is 9.65. The molecule has 1 aliphatic heterocycles. The van der Waals surface area contributed by atoms with Crippen LogP contribution in [0.2, 0.25) is 0 Å². The number of aldehydes is 1. The summed E-state index contributed by atoms with van der Waals surface area (Å²) >= 11 is 0. The normalized spacial score (nSPS) is 18.5. The lowest BCUT2D eigenvalue weighted by Gasteiger charge is -2.46. The van der Waals surface area contributed by atoms with Crippen LogP contribution in [0.25, 0.3) is 0 Å². The number of benzene rings is 1. The fraction of sp³-hybridized carbons (Fsp3) is 0.417. The molecule has 0 aromatic heterocycles. The van der Waals surface area contributed by atoms with E-state index in [1.165, 1.54) is 0 Å². The molecule has 0 atom stereocenters. The van der Waals surface area contributed by atoms with Crippen molar-refractivity contribution in [3.8, 4) is 0 Å². The second-order valence-corrected chi connectivity index (χ2v) is 4.53. The van der Waals surface area contributed by atoms with E-state index in [0.717, 1.165) is 17.5 Å². The molecule has 0 aliphatic carbocycles. The maximum absolute atomic E-state index is 10.9. The van der Waals surface area contributed by atoms with Gasteiger partial charge in [0.25, 0.3) is 0 Å². The SMILES string of the molecule is Cc1ccc(C=O)c(N2CC(C)(O)C2)c1. The number of β-amino-alcohol motifs (C(OH)–C–C–N with tert-alkyl or cyclic N) is 1. The van der Waals surface area contributed by atoms with E-state index >= 15 is 0 Å². The first kappa shape index (κ1) is 10.2. The molecule has 0 spiro atoms. The number of aryl methyl sites for hydroxylation is 1. The van der Waals surface area contributed by atoms with Crippen molar-refractivity contribution in [2.75, 3.05) is 18.0 Å². The van der Waals surface area contributed by atoms with E-state index in [-0.39, 0.29) is 0 Å². The molecule has 0 bridgehead atoms. The Balaban J connectivity index is 2.28. The van der Waals surface area contributed by atoms with Crippen molar-refractivity contribution in [1.29, 1.82) is 0 Å². The van der Waals surface area contributed by atoms with Gasteiger partial charge in [-0.1, -0.05) is 6.07 Å². The fourth-order valence-corrected chi connectivity index (χ4v) is 1.97. The first-order valence-corrected chi connectivity index (χ1v) is 5.05. The van der Waals surface area contributed by atoms with Gasteiger partial charge in [-0.05, 0) is 31.5 Å². The van der Waals surface area contributed by atoms with Crippen LogP contribution in [-0.2, 0) is 0 Å². The molecule has 1 saturated heterocycles. The minimum absolute atomic E-state index is 0.595. The van der Waals surface area contributed by atoms with Gasteiger partial charge < -0.3 is 10.0 Å². The summed E-state index contributed by atoms with van der Waals surface area (Å²) in [4.78, 5) is 12.9. The minimum atomic E-state index is -0.607. The predicted molar refractivity (Wildman–Crippen MR) is 59.4 cm³/mol. The number of hydrogen-bond donors (Lipinski definition) is 1. The van der Waals surface area contributed by atoms with Gasteiger partial charge in [0.15, 0.2) is 6.29 Å². The Bertz CT molecular complexity index is 391. The van der Waals surface area contributed by atoms with Crippen LogP contribution in [0.3, 0.4) is 0 Å². The highest BCUT2D eigenvalue weighted by molar-refractivity contribution is 5.85. The van der Waals surface area contributed by atoms with Crippen molar-refractivity contribution in [3.63, 3.8) is 0 Å². The zero-order valence-electron chi connectivity index (χ0n) is 9.03. The van der Waals surface area contributed by atoms with Crippen molar-refractivity contribution in [2.24, 2.45) is 0 Å². The van der Waals surface area contributed by atoms with Crippen LogP contribution in [-0.4, -0.2) is 30.1 Å². The summed E-state index contributed by atoms with van der Waals surface area (Å²) in [6.07, 6.45) is 0.863. The standard InChI is InChI=1S/C12H15NO2/c1-9-3-4-10(6-14)11(5-9)13-7-12(2,15)8-13/h3-6,15H,7-8H2,1-2H3. The first-order valence-electron chi connectivity index (χ1n) is 5.05. The lowest BCUT2D eigenvalue weighted by atomic mass is 9.94. The van der Waals surface area contributed by atoms with Crippen molar-refractivity contribution >= 4 is 12.0 Å². The number of aliphatic hydroxyl groups is 1. The molecular weight excluding hydrogens is 190 g/mol. The molecule has 1 N–H and O–H groups in total. The molecule has 3 heteroatoms. The van der Waals surface area contributed by atoms with Crippen LogP contribution < -0.4 is 4.90 Å². The highest BCUT2D eigenvalue weighted by Crippen LogP contribution is 2.30. The Morgan fingerprint density at radius 2 is 2.13 bits per heavy atom. The molecule has 1 aliphatic rings. The van der Waals surface area contributed by atoms with Crippen LogP contribution in [0, 0.1) is 6.92 Å². The van der Waals surface area contributed by atoms with Crippen molar-refractivity contribution in [3.05, 3.63) is 29.3 Å². The zero-order chi connectivity index (χ0) is 11.1. The number of nitrogens with zero attached hydrogens (tertiary/aromatic N) is 1. The van der Waals surface area contributed by atoms with E-state index in [4.69, 9.17) is 0 Å². The van der Waals surface area contributed by atoms with Gasteiger partial charge in [0, 0.05) is 24.3 Å². The van der Waals surface area contributed by atoms with Crippen molar-refractivity contribution in [2.45, 2.75) is 19.4 Å². The van der Waals surface area contributed by atoms with E-state index in [9.17, 15) is 9.90 Å². The predicted octanol–water partition coefficient (Wildman–Crippen LogP) is 1.38. The van der Waals surface area contributed by atoms with E-state index < -0.39 is 5.60 Å². The van der Waals surface area contributed by atoms with E-state index in [0.29, 0.717) is 18.7 Å². The number of anilines is 1. The molecule has 1 fully saturated rings. The first-order chi connectivity index (χ1) is 7.02. The monoisotopic (exact) mass is 205 g/mol. The Kier molecular flexibility index (Phi) is 2.27. The highest BCUT2D eigenvalue weighted by Gasteiger charge is 2.37. The highest BCUT2D eigenvalue weighted by atomic mass is 16.3. The quantitative estimate of drug-likeness (QED) is 0.741. The average Bonchev–Trinajstić information content (AvgIpc) is 2.14. The van der Waals surface area contributed by atoms with Crippen molar-refractivity contribution < 1.29 is 9.90 Å². The number of rotatable bonds is 2. The van der Waals surface area contributed by atoms with E-state index in [2.05, 4.69) is 0 Å².